The molecule has 0 spiro atoms. The van der Waals surface area contributed by atoms with Crippen LogP contribution in [0.1, 0.15) is 16.8 Å². The van der Waals surface area contributed by atoms with Gasteiger partial charge in [0, 0.05) is 31.0 Å². The summed E-state index contributed by atoms with van der Waals surface area (Å²) in [4.78, 5) is 16.2. The summed E-state index contributed by atoms with van der Waals surface area (Å²) >= 11 is 0. The molecular formula is C18H22N2O2. The van der Waals surface area contributed by atoms with Gasteiger partial charge >= 0.3 is 0 Å². The highest BCUT2D eigenvalue weighted by Gasteiger charge is 2.11. The molecule has 116 valence electrons. The van der Waals surface area contributed by atoms with Gasteiger partial charge in [-0.3, -0.25) is 9.78 Å². The number of rotatable bonds is 7. The molecule has 1 amide bonds. The Hall–Kier alpha value is -2.20. The molecule has 1 aromatic heterocycles. The number of aromatic nitrogens is 1. The fraction of sp³-hybridized carbons (Fsp3) is 0.333. The molecule has 1 atom stereocenters. The number of aliphatic hydroxyl groups excluding tert-OH is 1. The molecular weight excluding hydrogens is 276 g/mol. The monoisotopic (exact) mass is 298 g/mol. The lowest BCUT2D eigenvalue weighted by molar-refractivity contribution is -0.120. The Morgan fingerprint density at radius 2 is 2.00 bits per heavy atom. The molecule has 2 rings (SSSR count). The first-order valence-corrected chi connectivity index (χ1v) is 7.50. The Kier molecular flexibility index (Phi) is 6.10. The number of carbonyl (C=O) groups excluding carboxylic acids is 1. The van der Waals surface area contributed by atoms with Crippen molar-refractivity contribution in [2.24, 2.45) is 5.92 Å². The second-order valence-corrected chi connectivity index (χ2v) is 5.54. The molecule has 2 N–H and O–H groups in total. The molecule has 1 heterocycles. The standard InChI is InChI=1S/C18H22N2O2/c1-14-5-7-15(8-6-14)11-18(22)20-12-16(13-21)10-17-4-2-3-9-19-17/h2-9,16,21H,10-13H2,1H3,(H,20,22). The topological polar surface area (TPSA) is 62.2 Å². The van der Waals surface area contributed by atoms with Crippen molar-refractivity contribution >= 4 is 5.91 Å². The van der Waals surface area contributed by atoms with Crippen LogP contribution in [0.2, 0.25) is 0 Å². The molecule has 0 radical (unpaired) electrons. The summed E-state index contributed by atoms with van der Waals surface area (Å²) in [6, 6.07) is 13.6. The molecule has 4 heteroatoms. The van der Waals surface area contributed by atoms with Crippen molar-refractivity contribution in [2.75, 3.05) is 13.2 Å². The van der Waals surface area contributed by atoms with Gasteiger partial charge in [0.25, 0.3) is 0 Å². The first kappa shape index (κ1) is 16.2. The number of hydrogen-bond acceptors (Lipinski definition) is 3. The molecule has 0 bridgehead atoms. The van der Waals surface area contributed by atoms with E-state index in [-0.39, 0.29) is 18.4 Å². The molecule has 2 aromatic rings. The van der Waals surface area contributed by atoms with E-state index in [9.17, 15) is 9.90 Å². The van der Waals surface area contributed by atoms with E-state index in [1.807, 2.05) is 49.4 Å². The fourth-order valence-electron chi connectivity index (χ4n) is 2.23. The normalized spacial score (nSPS) is 11.9. The number of aliphatic hydroxyl groups is 1. The third-order valence-electron chi connectivity index (χ3n) is 3.56. The molecule has 0 aliphatic heterocycles. The van der Waals surface area contributed by atoms with Crippen molar-refractivity contribution in [2.45, 2.75) is 19.8 Å². The minimum Gasteiger partial charge on any atom is -0.396 e. The van der Waals surface area contributed by atoms with E-state index in [1.165, 1.54) is 5.56 Å². The summed E-state index contributed by atoms with van der Waals surface area (Å²) in [5.74, 6) is -0.0415. The van der Waals surface area contributed by atoms with Gasteiger partial charge in [-0.25, -0.2) is 0 Å². The second-order valence-electron chi connectivity index (χ2n) is 5.54. The SMILES string of the molecule is Cc1ccc(CC(=O)NCC(CO)Cc2ccccn2)cc1. The van der Waals surface area contributed by atoms with E-state index < -0.39 is 0 Å². The lowest BCUT2D eigenvalue weighted by atomic mass is 10.0. The summed E-state index contributed by atoms with van der Waals surface area (Å²) < 4.78 is 0. The summed E-state index contributed by atoms with van der Waals surface area (Å²) in [6.07, 6.45) is 2.75. The van der Waals surface area contributed by atoms with Crippen LogP contribution in [0.3, 0.4) is 0 Å². The first-order chi connectivity index (χ1) is 10.7. The van der Waals surface area contributed by atoms with E-state index in [4.69, 9.17) is 0 Å². The zero-order chi connectivity index (χ0) is 15.8. The third-order valence-corrected chi connectivity index (χ3v) is 3.56. The predicted octanol–water partition coefficient (Wildman–Crippen LogP) is 1.90. The Morgan fingerprint density at radius 3 is 2.64 bits per heavy atom. The highest BCUT2D eigenvalue weighted by Crippen LogP contribution is 2.06. The molecule has 4 nitrogen and oxygen atoms in total. The van der Waals surface area contributed by atoms with Crippen molar-refractivity contribution in [1.82, 2.24) is 10.3 Å². The van der Waals surface area contributed by atoms with Crippen molar-refractivity contribution in [3.63, 3.8) is 0 Å². The van der Waals surface area contributed by atoms with Crippen molar-refractivity contribution in [3.05, 3.63) is 65.5 Å². The lowest BCUT2D eigenvalue weighted by Gasteiger charge is -2.14. The van der Waals surface area contributed by atoms with Gasteiger partial charge < -0.3 is 10.4 Å². The fourth-order valence-corrected chi connectivity index (χ4v) is 2.23. The summed E-state index contributed by atoms with van der Waals surface area (Å²) in [6.45, 7) is 2.51. The number of carbonyl (C=O) groups is 1. The maximum Gasteiger partial charge on any atom is 0.224 e. The maximum absolute atomic E-state index is 12.0. The number of aryl methyl sites for hydroxylation is 1. The highest BCUT2D eigenvalue weighted by atomic mass is 16.3. The van der Waals surface area contributed by atoms with Crippen LogP contribution in [0.25, 0.3) is 0 Å². The number of pyridine rings is 1. The van der Waals surface area contributed by atoms with Gasteiger partial charge in [-0.2, -0.15) is 0 Å². The molecule has 22 heavy (non-hydrogen) atoms. The zero-order valence-electron chi connectivity index (χ0n) is 12.8. The Balaban J connectivity index is 1.79. The van der Waals surface area contributed by atoms with Crippen LogP contribution in [-0.2, 0) is 17.6 Å². The minimum atomic E-state index is -0.0247. The summed E-state index contributed by atoms with van der Waals surface area (Å²) in [7, 11) is 0. The molecule has 1 aromatic carbocycles. The lowest BCUT2D eigenvalue weighted by Crippen LogP contribution is -2.33. The Bertz CT molecular complexity index is 582. The third kappa shape index (κ3) is 5.30. The number of amides is 1. The van der Waals surface area contributed by atoms with Crippen LogP contribution in [-0.4, -0.2) is 29.1 Å². The van der Waals surface area contributed by atoms with Crippen LogP contribution in [0.4, 0.5) is 0 Å². The summed E-state index contributed by atoms with van der Waals surface area (Å²) in [5.41, 5.74) is 3.10. The quantitative estimate of drug-likeness (QED) is 0.820. The largest absolute Gasteiger partial charge is 0.396 e. The van der Waals surface area contributed by atoms with Crippen LogP contribution in [0, 0.1) is 12.8 Å². The van der Waals surface area contributed by atoms with Crippen molar-refractivity contribution < 1.29 is 9.90 Å². The molecule has 0 fully saturated rings. The van der Waals surface area contributed by atoms with Crippen LogP contribution >= 0.6 is 0 Å². The van der Waals surface area contributed by atoms with Gasteiger partial charge in [-0.1, -0.05) is 35.9 Å². The van der Waals surface area contributed by atoms with E-state index in [0.717, 1.165) is 11.3 Å². The van der Waals surface area contributed by atoms with Gasteiger partial charge in [0.05, 0.1) is 6.42 Å². The van der Waals surface area contributed by atoms with Gasteiger partial charge in [-0.05, 0) is 31.0 Å². The molecule has 0 aliphatic carbocycles. The van der Waals surface area contributed by atoms with E-state index in [0.29, 0.717) is 19.4 Å². The van der Waals surface area contributed by atoms with Gasteiger partial charge in [0.15, 0.2) is 0 Å². The van der Waals surface area contributed by atoms with Crippen LogP contribution < -0.4 is 5.32 Å². The highest BCUT2D eigenvalue weighted by molar-refractivity contribution is 5.78. The summed E-state index contributed by atoms with van der Waals surface area (Å²) in [5, 5.41) is 12.3. The van der Waals surface area contributed by atoms with Gasteiger partial charge in [-0.15, -0.1) is 0 Å². The smallest absolute Gasteiger partial charge is 0.224 e. The molecule has 0 aliphatic rings. The molecule has 0 saturated carbocycles. The Morgan fingerprint density at radius 1 is 1.23 bits per heavy atom. The number of nitrogens with one attached hydrogen (secondary N) is 1. The molecule has 1 unspecified atom stereocenters. The second kappa shape index (κ2) is 8.29. The van der Waals surface area contributed by atoms with Crippen LogP contribution in [0.5, 0.6) is 0 Å². The average molecular weight is 298 g/mol. The maximum atomic E-state index is 12.0. The van der Waals surface area contributed by atoms with Gasteiger partial charge in [0.1, 0.15) is 0 Å². The predicted molar refractivity (Wildman–Crippen MR) is 86.4 cm³/mol. The number of hydrogen-bond donors (Lipinski definition) is 2. The van der Waals surface area contributed by atoms with E-state index in [1.54, 1.807) is 6.20 Å². The average Bonchev–Trinajstić information content (AvgIpc) is 2.54. The van der Waals surface area contributed by atoms with E-state index >= 15 is 0 Å². The zero-order valence-corrected chi connectivity index (χ0v) is 12.8. The number of nitrogens with zero attached hydrogens (tertiary/aromatic N) is 1. The minimum absolute atomic E-state index is 0.0168. The van der Waals surface area contributed by atoms with Crippen LogP contribution in [0.15, 0.2) is 48.7 Å². The first-order valence-electron chi connectivity index (χ1n) is 7.50. The number of benzene rings is 1. The Labute approximate surface area is 131 Å². The van der Waals surface area contributed by atoms with Gasteiger partial charge in [0.2, 0.25) is 5.91 Å². The van der Waals surface area contributed by atoms with Crippen molar-refractivity contribution in [1.29, 1.82) is 0 Å². The molecule has 0 saturated heterocycles. The van der Waals surface area contributed by atoms with E-state index in [2.05, 4.69) is 10.3 Å². The van der Waals surface area contributed by atoms with Crippen molar-refractivity contribution in [3.8, 4) is 0 Å².